The van der Waals surface area contributed by atoms with Gasteiger partial charge in [-0.1, -0.05) is 44.2 Å². The van der Waals surface area contributed by atoms with E-state index < -0.39 is 5.92 Å². The molecule has 0 amide bonds. The van der Waals surface area contributed by atoms with Gasteiger partial charge in [0.25, 0.3) is 0 Å². The monoisotopic (exact) mass is 503 g/mol. The number of Topliss-reactive ketones (excluding diaryl/α,β-unsaturated/α-hetero) is 1. The number of dihydropyridines is 1. The molecule has 37 heavy (non-hydrogen) atoms. The van der Waals surface area contributed by atoms with Crippen LogP contribution in [0.25, 0.3) is 0 Å². The maximum atomic E-state index is 13.8. The van der Waals surface area contributed by atoms with Crippen LogP contribution in [-0.2, 0) is 20.7 Å². The Labute approximate surface area is 219 Å². The summed E-state index contributed by atoms with van der Waals surface area (Å²) in [6, 6.07) is 14.0. The van der Waals surface area contributed by atoms with Crippen LogP contribution in [0.2, 0.25) is 0 Å². The molecule has 0 saturated heterocycles. The van der Waals surface area contributed by atoms with E-state index in [-0.39, 0.29) is 23.8 Å². The van der Waals surface area contributed by atoms with Crippen molar-refractivity contribution < 1.29 is 23.8 Å². The molecule has 2 aromatic carbocycles. The minimum atomic E-state index is -0.461. The predicted octanol–water partition coefficient (Wildman–Crippen LogP) is 5.97. The zero-order chi connectivity index (χ0) is 26.7. The molecule has 0 aromatic heterocycles. The van der Waals surface area contributed by atoms with Gasteiger partial charge in [-0.15, -0.1) is 0 Å². The molecule has 3 atom stereocenters. The van der Waals surface area contributed by atoms with Crippen LogP contribution in [-0.4, -0.2) is 32.1 Å². The molecule has 0 bridgehead atoms. The van der Waals surface area contributed by atoms with E-state index in [1.165, 1.54) is 5.56 Å². The van der Waals surface area contributed by atoms with Crippen LogP contribution in [0, 0.1) is 0 Å². The molecule has 2 aromatic rings. The first kappa shape index (κ1) is 26.5. The van der Waals surface area contributed by atoms with E-state index in [4.69, 9.17) is 14.2 Å². The van der Waals surface area contributed by atoms with E-state index in [1.807, 2.05) is 51.1 Å². The van der Waals surface area contributed by atoms with Crippen molar-refractivity contribution in [3.63, 3.8) is 0 Å². The van der Waals surface area contributed by atoms with Crippen molar-refractivity contribution in [2.75, 3.05) is 14.2 Å². The van der Waals surface area contributed by atoms with Crippen LogP contribution in [0.5, 0.6) is 11.5 Å². The summed E-state index contributed by atoms with van der Waals surface area (Å²) in [6.07, 6.45) is 2.45. The van der Waals surface area contributed by atoms with E-state index in [0.29, 0.717) is 35.5 Å². The fraction of sp³-hybridized carbons (Fsp3) is 0.419. The summed E-state index contributed by atoms with van der Waals surface area (Å²) in [5.41, 5.74) is 5.95. The zero-order valence-electron chi connectivity index (χ0n) is 22.6. The molecule has 1 N–H and O–H groups in total. The molecular weight excluding hydrogens is 466 g/mol. The average Bonchev–Trinajstić information content (AvgIpc) is 2.91. The molecule has 4 rings (SSSR count). The number of methoxy groups -OCH3 is 2. The van der Waals surface area contributed by atoms with Crippen molar-refractivity contribution >= 4 is 11.8 Å². The Morgan fingerprint density at radius 3 is 2.30 bits per heavy atom. The maximum absolute atomic E-state index is 13.8. The standard InChI is InChI=1S/C31H37NO5/c1-7-18(3)37-31(34)28-19(4)32-24-15-23(22-13-14-26(35-5)27(17-22)36-6)16-25(33)30(24)29(28)21-11-9-20(8-2)10-12-21/h9-14,17-18,23,29,32H,7-8,15-16H2,1-6H3/t18-,23-,29-/m0/s1. The topological polar surface area (TPSA) is 73.9 Å². The van der Waals surface area contributed by atoms with Crippen molar-refractivity contribution in [1.82, 2.24) is 5.32 Å². The second kappa shape index (κ2) is 11.2. The fourth-order valence-electron chi connectivity index (χ4n) is 5.26. The summed E-state index contributed by atoms with van der Waals surface area (Å²) >= 11 is 0. The number of ether oxygens (including phenoxy) is 3. The van der Waals surface area contributed by atoms with E-state index in [1.54, 1.807) is 14.2 Å². The first-order valence-electron chi connectivity index (χ1n) is 13.1. The van der Waals surface area contributed by atoms with Crippen LogP contribution in [0.1, 0.15) is 75.5 Å². The summed E-state index contributed by atoms with van der Waals surface area (Å²) in [4.78, 5) is 27.2. The van der Waals surface area contributed by atoms with Gasteiger partial charge >= 0.3 is 5.97 Å². The third-order valence-electron chi connectivity index (χ3n) is 7.53. The van der Waals surface area contributed by atoms with Crippen LogP contribution >= 0.6 is 0 Å². The van der Waals surface area contributed by atoms with E-state index in [0.717, 1.165) is 35.4 Å². The Hall–Kier alpha value is -3.54. The van der Waals surface area contributed by atoms with Gasteiger partial charge in [-0.3, -0.25) is 4.79 Å². The number of hydrogen-bond acceptors (Lipinski definition) is 6. The molecule has 0 fully saturated rings. The van der Waals surface area contributed by atoms with Crippen molar-refractivity contribution in [2.24, 2.45) is 0 Å². The third kappa shape index (κ3) is 5.29. The van der Waals surface area contributed by atoms with Gasteiger partial charge in [-0.2, -0.15) is 0 Å². The van der Waals surface area contributed by atoms with Crippen molar-refractivity contribution in [1.29, 1.82) is 0 Å². The van der Waals surface area contributed by atoms with Gasteiger partial charge in [-0.25, -0.2) is 4.79 Å². The third-order valence-corrected chi connectivity index (χ3v) is 7.53. The lowest BCUT2D eigenvalue weighted by Crippen LogP contribution is -2.36. The number of hydrogen-bond donors (Lipinski definition) is 1. The largest absolute Gasteiger partial charge is 0.493 e. The summed E-state index contributed by atoms with van der Waals surface area (Å²) < 4.78 is 16.6. The van der Waals surface area contributed by atoms with Gasteiger partial charge < -0.3 is 19.5 Å². The van der Waals surface area contributed by atoms with E-state index >= 15 is 0 Å². The minimum Gasteiger partial charge on any atom is -0.493 e. The summed E-state index contributed by atoms with van der Waals surface area (Å²) in [6.45, 7) is 7.88. The normalized spacial score (nSPS) is 20.2. The van der Waals surface area contributed by atoms with Crippen molar-refractivity contribution in [3.05, 3.63) is 81.7 Å². The molecule has 6 heteroatoms. The molecule has 0 unspecified atom stereocenters. The molecule has 2 aliphatic rings. The van der Waals surface area contributed by atoms with Crippen LogP contribution in [0.15, 0.2) is 65.0 Å². The Morgan fingerprint density at radius 1 is 1.00 bits per heavy atom. The molecule has 196 valence electrons. The highest BCUT2D eigenvalue weighted by molar-refractivity contribution is 6.04. The number of carbonyl (C=O) groups excluding carboxylic acids is 2. The van der Waals surface area contributed by atoms with Gasteiger partial charge in [0, 0.05) is 29.3 Å². The molecule has 1 aliphatic heterocycles. The van der Waals surface area contributed by atoms with Crippen LogP contribution in [0.4, 0.5) is 0 Å². The lowest BCUT2D eigenvalue weighted by Gasteiger charge is -2.37. The fourth-order valence-corrected chi connectivity index (χ4v) is 5.26. The lowest BCUT2D eigenvalue weighted by atomic mass is 9.71. The number of allylic oxidation sites excluding steroid dienone is 3. The van der Waals surface area contributed by atoms with Gasteiger partial charge in [0.2, 0.25) is 0 Å². The summed E-state index contributed by atoms with van der Waals surface area (Å²) in [5.74, 6) is 0.497. The highest BCUT2D eigenvalue weighted by Gasteiger charge is 2.41. The highest BCUT2D eigenvalue weighted by Crippen LogP contribution is 2.46. The smallest absolute Gasteiger partial charge is 0.337 e. The van der Waals surface area contributed by atoms with Crippen LogP contribution < -0.4 is 14.8 Å². The summed E-state index contributed by atoms with van der Waals surface area (Å²) in [5, 5.41) is 3.43. The number of aryl methyl sites for hydroxylation is 1. The average molecular weight is 504 g/mol. The lowest BCUT2D eigenvalue weighted by molar-refractivity contribution is -0.144. The van der Waals surface area contributed by atoms with Crippen LogP contribution in [0.3, 0.4) is 0 Å². The number of ketones is 1. The zero-order valence-corrected chi connectivity index (χ0v) is 22.6. The number of nitrogens with one attached hydrogen (secondary N) is 1. The van der Waals surface area contributed by atoms with Gasteiger partial charge in [0.15, 0.2) is 17.3 Å². The second-order valence-corrected chi connectivity index (χ2v) is 9.85. The Balaban J connectivity index is 1.76. The SMILES string of the molecule is CCc1ccc([C@H]2C(C(=O)O[C@@H](C)CC)=C(C)NC3=C2C(=O)C[C@@H](c2ccc(OC)c(OC)c2)C3)cc1. The first-order valence-corrected chi connectivity index (χ1v) is 13.1. The maximum Gasteiger partial charge on any atom is 0.337 e. The second-order valence-electron chi connectivity index (χ2n) is 9.85. The quantitative estimate of drug-likeness (QED) is 0.448. The Bertz CT molecular complexity index is 1240. The number of rotatable bonds is 8. The van der Waals surface area contributed by atoms with Crippen molar-refractivity contribution in [3.8, 4) is 11.5 Å². The predicted molar refractivity (Wildman–Crippen MR) is 144 cm³/mol. The molecule has 0 saturated carbocycles. The Morgan fingerprint density at radius 2 is 1.68 bits per heavy atom. The summed E-state index contributed by atoms with van der Waals surface area (Å²) in [7, 11) is 3.22. The molecule has 1 heterocycles. The number of carbonyl (C=O) groups is 2. The minimum absolute atomic E-state index is 0.0110. The molecular formula is C31H37NO5. The Kier molecular flexibility index (Phi) is 8.06. The molecule has 1 aliphatic carbocycles. The van der Waals surface area contributed by atoms with Gasteiger partial charge in [0.1, 0.15) is 0 Å². The molecule has 0 spiro atoms. The molecule has 0 radical (unpaired) electrons. The molecule has 6 nitrogen and oxygen atoms in total. The van der Waals surface area contributed by atoms with Gasteiger partial charge in [-0.05, 0) is 67.9 Å². The van der Waals surface area contributed by atoms with E-state index in [9.17, 15) is 9.59 Å². The number of esters is 1. The van der Waals surface area contributed by atoms with Gasteiger partial charge in [0.05, 0.1) is 25.9 Å². The highest BCUT2D eigenvalue weighted by atomic mass is 16.5. The number of benzene rings is 2. The van der Waals surface area contributed by atoms with E-state index in [2.05, 4.69) is 24.4 Å². The van der Waals surface area contributed by atoms with Crippen molar-refractivity contribution in [2.45, 2.75) is 71.3 Å². The first-order chi connectivity index (χ1) is 17.8.